The molecule has 0 heterocycles. The maximum absolute atomic E-state index is 13.0. The summed E-state index contributed by atoms with van der Waals surface area (Å²) in [7, 11) is 0. The third-order valence-electron chi connectivity index (χ3n) is 2.23. The number of rotatable bonds is 3. The van der Waals surface area contributed by atoms with Crippen LogP contribution in [0.2, 0.25) is 5.02 Å². The van der Waals surface area contributed by atoms with Gasteiger partial charge in [-0.3, -0.25) is 0 Å². The summed E-state index contributed by atoms with van der Waals surface area (Å²) in [6.07, 6.45) is -6.81. The fourth-order valence-corrected chi connectivity index (χ4v) is 1.35. The van der Waals surface area contributed by atoms with E-state index in [4.69, 9.17) is 17.3 Å². The van der Waals surface area contributed by atoms with Gasteiger partial charge in [-0.2, -0.15) is 13.2 Å². The van der Waals surface area contributed by atoms with Gasteiger partial charge in [0.1, 0.15) is 11.9 Å². The first-order valence-electron chi connectivity index (χ1n) is 4.67. The number of halogens is 6. The second-order valence-electron chi connectivity index (χ2n) is 3.57. The summed E-state index contributed by atoms with van der Waals surface area (Å²) in [5, 5.41) is 9.31. The van der Waals surface area contributed by atoms with E-state index in [0.717, 1.165) is 12.1 Å². The van der Waals surface area contributed by atoms with E-state index in [0.29, 0.717) is 0 Å². The first-order chi connectivity index (χ1) is 7.71. The molecule has 2 atom stereocenters. The number of benzene rings is 1. The molecule has 0 bridgehead atoms. The van der Waals surface area contributed by atoms with Gasteiger partial charge in [0.15, 0.2) is 0 Å². The second-order valence-corrected chi connectivity index (χ2v) is 3.98. The summed E-state index contributed by atoms with van der Waals surface area (Å²) in [6.45, 7) is 0. The summed E-state index contributed by atoms with van der Waals surface area (Å²) in [6, 6.07) is 1.14. The fourth-order valence-electron chi connectivity index (χ4n) is 1.23. The van der Waals surface area contributed by atoms with E-state index in [2.05, 4.69) is 0 Å². The number of nitrogens with two attached hydrogens (primary N) is 1. The number of hydrogen-bond acceptors (Lipinski definition) is 2. The SMILES string of the molecule is Cl.N[C@H](C[C@H](O)c1ccc(Cl)c(F)c1)C(F)(F)F. The molecular formula is C10H11Cl2F4NO. The van der Waals surface area contributed by atoms with Crippen molar-refractivity contribution in [1.29, 1.82) is 0 Å². The summed E-state index contributed by atoms with van der Waals surface area (Å²) in [5.41, 5.74) is 4.86. The highest BCUT2D eigenvalue weighted by Gasteiger charge is 2.37. The Bertz CT molecular complexity index is 400. The molecular weight excluding hydrogens is 297 g/mol. The van der Waals surface area contributed by atoms with Gasteiger partial charge in [0.2, 0.25) is 0 Å². The fraction of sp³-hybridized carbons (Fsp3) is 0.400. The van der Waals surface area contributed by atoms with Crippen molar-refractivity contribution >= 4 is 24.0 Å². The maximum Gasteiger partial charge on any atom is 0.403 e. The van der Waals surface area contributed by atoms with E-state index in [1.165, 1.54) is 6.07 Å². The molecule has 0 aliphatic rings. The molecule has 0 fully saturated rings. The van der Waals surface area contributed by atoms with E-state index in [1.807, 2.05) is 0 Å². The van der Waals surface area contributed by atoms with Crippen LogP contribution in [0.4, 0.5) is 17.6 Å². The van der Waals surface area contributed by atoms with Gasteiger partial charge in [-0.15, -0.1) is 12.4 Å². The first kappa shape index (κ1) is 17.4. The van der Waals surface area contributed by atoms with Crippen molar-refractivity contribution in [3.63, 3.8) is 0 Å². The van der Waals surface area contributed by atoms with E-state index in [9.17, 15) is 22.7 Å². The van der Waals surface area contributed by atoms with Crippen LogP contribution in [-0.2, 0) is 0 Å². The standard InChI is InChI=1S/C10H10ClF4NO.ClH/c11-6-2-1-5(3-7(6)12)8(17)4-9(16)10(13,14)15;/h1-3,8-9,17H,4,16H2;1H/t8-,9+;/m0./s1. The van der Waals surface area contributed by atoms with Gasteiger partial charge in [0.05, 0.1) is 11.1 Å². The Morgan fingerprint density at radius 2 is 1.89 bits per heavy atom. The summed E-state index contributed by atoms with van der Waals surface area (Å²) < 4.78 is 49.4. The van der Waals surface area contributed by atoms with Crippen molar-refractivity contribution in [3.8, 4) is 0 Å². The molecule has 0 aliphatic carbocycles. The Labute approximate surface area is 112 Å². The largest absolute Gasteiger partial charge is 0.403 e. The monoisotopic (exact) mass is 307 g/mol. The van der Waals surface area contributed by atoms with Crippen molar-refractivity contribution in [2.24, 2.45) is 5.73 Å². The molecule has 104 valence electrons. The van der Waals surface area contributed by atoms with Gasteiger partial charge in [0.25, 0.3) is 0 Å². The van der Waals surface area contributed by atoms with Crippen LogP contribution in [0.15, 0.2) is 18.2 Å². The molecule has 2 nitrogen and oxygen atoms in total. The summed E-state index contributed by atoms with van der Waals surface area (Å²) in [5.74, 6) is -0.802. The van der Waals surface area contributed by atoms with Gasteiger partial charge in [0, 0.05) is 6.42 Å². The molecule has 0 unspecified atom stereocenters. The third-order valence-corrected chi connectivity index (χ3v) is 2.53. The molecule has 0 aliphatic heterocycles. The minimum absolute atomic E-state index is 0. The minimum atomic E-state index is -4.59. The van der Waals surface area contributed by atoms with E-state index in [1.54, 1.807) is 0 Å². The molecule has 0 aromatic heterocycles. The maximum atomic E-state index is 13.0. The topological polar surface area (TPSA) is 46.2 Å². The lowest BCUT2D eigenvalue weighted by Gasteiger charge is -2.19. The number of alkyl halides is 3. The zero-order valence-corrected chi connectivity index (χ0v) is 10.5. The lowest BCUT2D eigenvalue weighted by atomic mass is 10.0. The summed E-state index contributed by atoms with van der Waals surface area (Å²) in [4.78, 5) is 0. The van der Waals surface area contributed by atoms with Crippen molar-refractivity contribution in [1.82, 2.24) is 0 Å². The molecule has 1 rings (SSSR count). The van der Waals surface area contributed by atoms with Gasteiger partial charge in [-0.25, -0.2) is 4.39 Å². The van der Waals surface area contributed by atoms with Crippen molar-refractivity contribution in [2.45, 2.75) is 24.7 Å². The predicted molar refractivity (Wildman–Crippen MR) is 62.3 cm³/mol. The Hall–Kier alpha value is -0.560. The van der Waals surface area contributed by atoms with Crippen LogP contribution >= 0.6 is 24.0 Å². The molecule has 0 spiro atoms. The van der Waals surface area contributed by atoms with Gasteiger partial charge in [-0.05, 0) is 17.7 Å². The van der Waals surface area contributed by atoms with Crippen LogP contribution < -0.4 is 5.73 Å². The molecule has 0 amide bonds. The highest BCUT2D eigenvalue weighted by Crippen LogP contribution is 2.28. The van der Waals surface area contributed by atoms with Crippen molar-refractivity contribution in [3.05, 3.63) is 34.6 Å². The molecule has 3 N–H and O–H groups in total. The Morgan fingerprint density at radius 1 is 1.33 bits per heavy atom. The average molecular weight is 308 g/mol. The number of aliphatic hydroxyl groups excluding tert-OH is 1. The van der Waals surface area contributed by atoms with Crippen LogP contribution in [0.1, 0.15) is 18.1 Å². The van der Waals surface area contributed by atoms with Crippen molar-refractivity contribution < 1.29 is 22.7 Å². The molecule has 0 saturated heterocycles. The number of hydrogen-bond donors (Lipinski definition) is 2. The van der Waals surface area contributed by atoms with E-state index < -0.39 is 30.6 Å². The van der Waals surface area contributed by atoms with Crippen LogP contribution in [0, 0.1) is 5.82 Å². The average Bonchev–Trinajstić information content (AvgIpc) is 2.20. The van der Waals surface area contributed by atoms with Gasteiger partial charge in [-0.1, -0.05) is 17.7 Å². The van der Waals surface area contributed by atoms with Gasteiger partial charge >= 0.3 is 6.18 Å². The summed E-state index contributed by atoms with van der Waals surface area (Å²) >= 11 is 5.40. The molecule has 1 aromatic rings. The lowest BCUT2D eigenvalue weighted by Crippen LogP contribution is -2.38. The smallest absolute Gasteiger partial charge is 0.388 e. The Kier molecular flexibility index (Phi) is 6.36. The molecule has 18 heavy (non-hydrogen) atoms. The highest BCUT2D eigenvalue weighted by atomic mass is 35.5. The molecule has 8 heteroatoms. The highest BCUT2D eigenvalue weighted by molar-refractivity contribution is 6.30. The van der Waals surface area contributed by atoms with Crippen LogP contribution in [0.3, 0.4) is 0 Å². The van der Waals surface area contributed by atoms with Gasteiger partial charge < -0.3 is 10.8 Å². The molecule has 0 radical (unpaired) electrons. The van der Waals surface area contributed by atoms with Crippen LogP contribution in [-0.4, -0.2) is 17.3 Å². The van der Waals surface area contributed by atoms with Crippen LogP contribution in [0.25, 0.3) is 0 Å². The number of aliphatic hydroxyl groups is 1. The van der Waals surface area contributed by atoms with Crippen molar-refractivity contribution in [2.75, 3.05) is 0 Å². The second kappa shape index (κ2) is 6.56. The Balaban J connectivity index is 0.00000289. The predicted octanol–water partition coefficient (Wildman–Crippen LogP) is 3.21. The molecule has 1 aromatic carbocycles. The van der Waals surface area contributed by atoms with E-state index in [-0.39, 0.29) is 23.0 Å². The molecule has 0 saturated carbocycles. The lowest BCUT2D eigenvalue weighted by molar-refractivity contribution is -0.153. The zero-order chi connectivity index (χ0) is 13.2. The Morgan fingerprint density at radius 3 is 2.33 bits per heavy atom. The van der Waals surface area contributed by atoms with E-state index >= 15 is 0 Å². The normalized spacial score (nSPS) is 14.8. The first-order valence-corrected chi connectivity index (χ1v) is 5.05. The zero-order valence-electron chi connectivity index (χ0n) is 8.92. The van der Waals surface area contributed by atoms with Crippen LogP contribution in [0.5, 0.6) is 0 Å². The third kappa shape index (κ3) is 4.61. The quantitative estimate of drug-likeness (QED) is 0.842. The minimum Gasteiger partial charge on any atom is -0.388 e.